The minimum atomic E-state index is -2.94. The van der Waals surface area contributed by atoms with Crippen molar-refractivity contribution in [3.8, 4) is 0 Å². The van der Waals surface area contributed by atoms with E-state index in [1.54, 1.807) is 24.3 Å². The summed E-state index contributed by atoms with van der Waals surface area (Å²) in [5.41, 5.74) is 0.793. The number of carbonyl (C=O) groups is 2. The second-order valence-corrected chi connectivity index (χ2v) is 16.3. The Balaban J connectivity index is 1.18. The van der Waals surface area contributed by atoms with Crippen molar-refractivity contribution in [2.45, 2.75) is 0 Å². The lowest BCUT2D eigenvalue weighted by molar-refractivity contribution is 0.0944. The Bertz CT molecular complexity index is 1560. The molecule has 0 unspecified atom stereocenters. The average Bonchev–Trinajstić information content (AvgIpc) is 3.09. The SMILES string of the molecule is O=C(NCCP(=O)(c1ccccc1)c1ccccc1)c1ccc(C(=O)NCCP(=O)(c2ccccc2)c2ccccc2)cc1. The maximum absolute atomic E-state index is 14.2. The first kappa shape index (κ1) is 30.9. The fourth-order valence-corrected chi connectivity index (χ4v) is 10.2. The molecule has 8 heteroatoms. The zero-order valence-corrected chi connectivity index (χ0v) is 26.0. The zero-order valence-electron chi connectivity index (χ0n) is 24.2. The van der Waals surface area contributed by atoms with E-state index in [0.29, 0.717) is 11.1 Å². The van der Waals surface area contributed by atoms with Crippen LogP contribution in [0.1, 0.15) is 20.7 Å². The van der Waals surface area contributed by atoms with E-state index in [1.165, 1.54) is 0 Å². The molecule has 0 radical (unpaired) electrons. The number of amides is 2. The first-order valence-corrected chi connectivity index (χ1v) is 18.3. The van der Waals surface area contributed by atoms with E-state index in [4.69, 9.17) is 0 Å². The van der Waals surface area contributed by atoms with Crippen LogP contribution in [0.5, 0.6) is 0 Å². The monoisotopic (exact) mass is 620 g/mol. The third kappa shape index (κ3) is 7.17. The number of benzene rings is 5. The van der Waals surface area contributed by atoms with Gasteiger partial charge in [-0.15, -0.1) is 0 Å². The number of rotatable bonds is 12. The van der Waals surface area contributed by atoms with E-state index >= 15 is 0 Å². The molecule has 6 nitrogen and oxygen atoms in total. The highest BCUT2D eigenvalue weighted by atomic mass is 31.2. The number of carbonyl (C=O) groups excluding carboxylic acids is 2. The van der Waals surface area contributed by atoms with Gasteiger partial charge in [-0.25, -0.2) is 0 Å². The van der Waals surface area contributed by atoms with Crippen LogP contribution in [0.3, 0.4) is 0 Å². The van der Waals surface area contributed by atoms with Gasteiger partial charge in [0.25, 0.3) is 11.8 Å². The van der Waals surface area contributed by atoms with Crippen LogP contribution in [0.4, 0.5) is 0 Å². The summed E-state index contributed by atoms with van der Waals surface area (Å²) in [6.45, 7) is 0.454. The fraction of sp³-hybridized carbons (Fsp3) is 0.111. The normalized spacial score (nSPS) is 11.5. The van der Waals surface area contributed by atoms with Crippen molar-refractivity contribution >= 4 is 47.3 Å². The van der Waals surface area contributed by atoms with Crippen LogP contribution >= 0.6 is 14.3 Å². The van der Waals surface area contributed by atoms with Crippen LogP contribution in [-0.2, 0) is 9.13 Å². The number of hydrogen-bond donors (Lipinski definition) is 2. The van der Waals surface area contributed by atoms with Gasteiger partial charge in [0.1, 0.15) is 14.3 Å². The van der Waals surface area contributed by atoms with Crippen molar-refractivity contribution in [3.63, 3.8) is 0 Å². The second-order valence-electron chi connectivity index (χ2n) is 10.4. The highest BCUT2D eigenvalue weighted by Crippen LogP contribution is 2.43. The van der Waals surface area contributed by atoms with E-state index in [-0.39, 0.29) is 37.2 Å². The molecule has 5 rings (SSSR count). The molecule has 2 amide bonds. The maximum atomic E-state index is 14.2. The van der Waals surface area contributed by atoms with Crippen LogP contribution < -0.4 is 31.9 Å². The summed E-state index contributed by atoms with van der Waals surface area (Å²) in [7, 11) is -5.89. The van der Waals surface area contributed by atoms with Gasteiger partial charge in [-0.05, 0) is 24.3 Å². The molecule has 5 aromatic rings. The average molecular weight is 621 g/mol. The molecule has 0 aliphatic carbocycles. The Morgan fingerprint density at radius 1 is 0.409 bits per heavy atom. The molecule has 0 spiro atoms. The van der Waals surface area contributed by atoms with Crippen LogP contribution in [0, 0.1) is 0 Å². The first-order chi connectivity index (χ1) is 21.4. The highest BCUT2D eigenvalue weighted by molar-refractivity contribution is 7.79. The summed E-state index contributed by atoms with van der Waals surface area (Å²) >= 11 is 0. The molecule has 0 heterocycles. The van der Waals surface area contributed by atoms with Gasteiger partial charge in [-0.2, -0.15) is 0 Å². The van der Waals surface area contributed by atoms with Gasteiger partial charge in [-0.3, -0.25) is 9.59 Å². The summed E-state index contributed by atoms with van der Waals surface area (Å²) in [6, 6.07) is 43.8. The lowest BCUT2D eigenvalue weighted by Crippen LogP contribution is -2.30. The summed E-state index contributed by atoms with van der Waals surface area (Å²) in [5, 5.41) is 8.76. The van der Waals surface area contributed by atoms with E-state index in [2.05, 4.69) is 10.6 Å². The van der Waals surface area contributed by atoms with Gasteiger partial charge in [0, 0.05) is 57.8 Å². The third-order valence-electron chi connectivity index (χ3n) is 7.53. The third-order valence-corrected chi connectivity index (χ3v) is 13.8. The molecule has 0 fully saturated rings. The number of nitrogens with one attached hydrogen (secondary N) is 2. The molecule has 222 valence electrons. The van der Waals surface area contributed by atoms with Crippen LogP contribution in [0.15, 0.2) is 146 Å². The molecule has 0 bridgehead atoms. The van der Waals surface area contributed by atoms with Crippen molar-refractivity contribution in [2.24, 2.45) is 0 Å². The summed E-state index contributed by atoms with van der Waals surface area (Å²) in [5.74, 6) is -0.618. The molecule has 44 heavy (non-hydrogen) atoms. The predicted octanol–water partition coefficient (Wildman–Crippen LogP) is 5.17. The second kappa shape index (κ2) is 14.3. The van der Waals surface area contributed by atoms with Gasteiger partial charge in [-0.1, -0.05) is 121 Å². The molecule has 0 saturated carbocycles. The smallest absolute Gasteiger partial charge is 0.251 e. The Morgan fingerprint density at radius 2 is 0.659 bits per heavy atom. The van der Waals surface area contributed by atoms with Gasteiger partial charge in [0.15, 0.2) is 0 Å². The maximum Gasteiger partial charge on any atom is 0.251 e. The van der Waals surface area contributed by atoms with Gasteiger partial charge in [0.2, 0.25) is 0 Å². The molecule has 0 atom stereocenters. The van der Waals surface area contributed by atoms with E-state index < -0.39 is 14.3 Å². The minimum Gasteiger partial charge on any atom is -0.352 e. The van der Waals surface area contributed by atoms with E-state index in [9.17, 15) is 18.7 Å². The number of hydrogen-bond acceptors (Lipinski definition) is 4. The zero-order chi connectivity index (χ0) is 30.8. The van der Waals surface area contributed by atoms with Crippen molar-refractivity contribution in [1.29, 1.82) is 0 Å². The molecular weight excluding hydrogens is 586 g/mol. The lowest BCUT2D eigenvalue weighted by atomic mass is 10.1. The Hall–Kier alpha value is -4.50. The van der Waals surface area contributed by atoms with E-state index in [1.807, 2.05) is 121 Å². The van der Waals surface area contributed by atoms with Crippen molar-refractivity contribution in [2.75, 3.05) is 25.4 Å². The van der Waals surface area contributed by atoms with Crippen LogP contribution in [-0.4, -0.2) is 37.2 Å². The Kier molecular flexibility index (Phi) is 10.1. The lowest BCUT2D eigenvalue weighted by Gasteiger charge is -2.20. The first-order valence-electron chi connectivity index (χ1n) is 14.5. The Morgan fingerprint density at radius 3 is 0.909 bits per heavy atom. The van der Waals surface area contributed by atoms with E-state index in [0.717, 1.165) is 21.2 Å². The van der Waals surface area contributed by atoms with Crippen molar-refractivity contribution in [3.05, 3.63) is 157 Å². The van der Waals surface area contributed by atoms with Crippen molar-refractivity contribution < 1.29 is 18.7 Å². The molecule has 0 aliphatic rings. The summed E-state index contributed by atoms with van der Waals surface area (Å²) < 4.78 is 28.3. The fourth-order valence-electron chi connectivity index (χ4n) is 5.12. The summed E-state index contributed by atoms with van der Waals surface area (Å²) in [4.78, 5) is 25.8. The molecule has 0 saturated heterocycles. The van der Waals surface area contributed by atoms with Gasteiger partial charge >= 0.3 is 0 Å². The quantitative estimate of drug-likeness (QED) is 0.188. The Labute approximate surface area is 258 Å². The largest absolute Gasteiger partial charge is 0.352 e. The van der Waals surface area contributed by atoms with Gasteiger partial charge in [0.05, 0.1) is 0 Å². The van der Waals surface area contributed by atoms with Gasteiger partial charge < -0.3 is 19.8 Å². The summed E-state index contributed by atoms with van der Waals surface area (Å²) in [6.07, 6.45) is 0.562. The molecule has 5 aromatic carbocycles. The van der Waals surface area contributed by atoms with Crippen LogP contribution in [0.25, 0.3) is 0 Å². The minimum absolute atomic E-state index is 0.227. The highest BCUT2D eigenvalue weighted by Gasteiger charge is 2.28. The molecular formula is C36H34N2O4P2. The van der Waals surface area contributed by atoms with Crippen molar-refractivity contribution in [1.82, 2.24) is 10.6 Å². The topological polar surface area (TPSA) is 92.3 Å². The molecule has 0 aromatic heterocycles. The molecule has 0 aliphatic heterocycles. The van der Waals surface area contributed by atoms with Crippen LogP contribution in [0.2, 0.25) is 0 Å². The molecule has 2 N–H and O–H groups in total. The predicted molar refractivity (Wildman–Crippen MR) is 180 cm³/mol. The standard InChI is InChI=1S/C36H34N2O4P2/c39-35(37-25-27-43(41,31-13-5-1-6-14-31)32-15-7-2-8-16-32)29-21-23-30(24-22-29)36(40)38-26-28-44(42,33-17-9-3-10-18-33)34-19-11-4-12-20-34/h1-24H,25-28H2,(H,37,39)(H,38,40).